The van der Waals surface area contributed by atoms with Crippen molar-refractivity contribution in [2.75, 3.05) is 27.8 Å². The van der Waals surface area contributed by atoms with Crippen LogP contribution in [0.3, 0.4) is 0 Å². The molecule has 0 N–H and O–H groups in total. The predicted molar refractivity (Wildman–Crippen MR) is 100 cm³/mol. The van der Waals surface area contributed by atoms with Crippen molar-refractivity contribution >= 4 is 0 Å². The zero-order valence-electron chi connectivity index (χ0n) is 15.9. The molecule has 1 heterocycles. The lowest BCUT2D eigenvalue weighted by Gasteiger charge is -2.32. The fraction of sp³-hybridized carbons (Fsp3) is 0.600. The number of aromatic nitrogens is 3. The molecule has 0 radical (unpaired) electrons. The predicted octanol–water partition coefficient (Wildman–Crippen LogP) is 3.35. The van der Waals surface area contributed by atoms with Gasteiger partial charge in [0, 0.05) is 25.5 Å². The molecule has 1 aromatic heterocycles. The third-order valence-electron chi connectivity index (χ3n) is 5.34. The Balaban J connectivity index is 1.89. The summed E-state index contributed by atoms with van der Waals surface area (Å²) in [4.78, 5) is 7.27. The first kappa shape index (κ1) is 18.1. The first-order valence-corrected chi connectivity index (χ1v) is 9.27. The Morgan fingerprint density at radius 1 is 1.16 bits per heavy atom. The summed E-state index contributed by atoms with van der Waals surface area (Å²) in [5.41, 5.74) is 2.37. The van der Waals surface area contributed by atoms with E-state index < -0.39 is 0 Å². The summed E-state index contributed by atoms with van der Waals surface area (Å²) in [6.45, 7) is 2.79. The standard InChI is InChI=1S/C20H30N4O/c1-15-7-5-6-8-18(15)24-20(21-19(22-24)13-14-25-4)16-9-11-17(12-10-16)23(2)3/h5-8,16-17H,9-14H2,1-4H3. The fourth-order valence-electron chi connectivity index (χ4n) is 3.76. The second-order valence-electron chi connectivity index (χ2n) is 7.30. The number of rotatable bonds is 6. The smallest absolute Gasteiger partial charge is 0.153 e. The summed E-state index contributed by atoms with van der Waals surface area (Å²) >= 11 is 0. The number of benzene rings is 1. The summed E-state index contributed by atoms with van der Waals surface area (Å²) in [5, 5.41) is 4.82. The highest BCUT2D eigenvalue weighted by Crippen LogP contribution is 2.34. The van der Waals surface area contributed by atoms with Crippen molar-refractivity contribution in [3.8, 4) is 5.69 Å². The lowest BCUT2D eigenvalue weighted by molar-refractivity contribution is 0.200. The maximum absolute atomic E-state index is 5.22. The number of nitrogens with zero attached hydrogens (tertiary/aromatic N) is 4. The maximum atomic E-state index is 5.22. The minimum atomic E-state index is 0.486. The average molecular weight is 342 g/mol. The molecule has 2 aromatic rings. The van der Waals surface area contributed by atoms with Gasteiger partial charge in [-0.3, -0.25) is 0 Å². The van der Waals surface area contributed by atoms with E-state index in [9.17, 15) is 0 Å². The number of hydrogen-bond acceptors (Lipinski definition) is 4. The fourth-order valence-corrected chi connectivity index (χ4v) is 3.76. The van der Waals surface area contributed by atoms with Crippen molar-refractivity contribution in [1.29, 1.82) is 0 Å². The van der Waals surface area contributed by atoms with Gasteiger partial charge in [0.25, 0.3) is 0 Å². The van der Waals surface area contributed by atoms with Gasteiger partial charge in [0.15, 0.2) is 5.82 Å². The largest absolute Gasteiger partial charge is 0.384 e. The van der Waals surface area contributed by atoms with Crippen LogP contribution in [-0.2, 0) is 11.2 Å². The third-order valence-corrected chi connectivity index (χ3v) is 5.34. The van der Waals surface area contributed by atoms with Crippen LogP contribution in [0.4, 0.5) is 0 Å². The maximum Gasteiger partial charge on any atom is 0.153 e. The molecule has 0 atom stereocenters. The molecule has 0 bridgehead atoms. The van der Waals surface area contributed by atoms with Crippen LogP contribution in [0, 0.1) is 6.92 Å². The van der Waals surface area contributed by atoms with E-state index >= 15 is 0 Å². The molecular formula is C20H30N4O. The van der Waals surface area contributed by atoms with Gasteiger partial charge in [-0.25, -0.2) is 9.67 Å². The molecule has 0 amide bonds. The van der Waals surface area contributed by atoms with Crippen LogP contribution in [-0.4, -0.2) is 53.5 Å². The Morgan fingerprint density at radius 2 is 1.88 bits per heavy atom. The molecular weight excluding hydrogens is 312 g/mol. The quantitative estimate of drug-likeness (QED) is 0.807. The third kappa shape index (κ3) is 4.10. The van der Waals surface area contributed by atoms with Gasteiger partial charge >= 0.3 is 0 Å². The van der Waals surface area contributed by atoms with E-state index in [1.165, 1.54) is 31.2 Å². The van der Waals surface area contributed by atoms with Crippen LogP contribution in [0.2, 0.25) is 0 Å². The van der Waals surface area contributed by atoms with E-state index in [0.29, 0.717) is 18.6 Å². The van der Waals surface area contributed by atoms with Gasteiger partial charge in [-0.1, -0.05) is 18.2 Å². The lowest BCUT2D eigenvalue weighted by atomic mass is 9.85. The highest BCUT2D eigenvalue weighted by molar-refractivity contribution is 5.40. The molecule has 25 heavy (non-hydrogen) atoms. The van der Waals surface area contributed by atoms with Gasteiger partial charge in [0.2, 0.25) is 0 Å². The highest BCUT2D eigenvalue weighted by Gasteiger charge is 2.28. The summed E-state index contributed by atoms with van der Waals surface area (Å²) < 4.78 is 7.30. The first-order chi connectivity index (χ1) is 12.1. The van der Waals surface area contributed by atoms with Gasteiger partial charge in [-0.05, 0) is 58.3 Å². The van der Waals surface area contributed by atoms with Crippen LogP contribution in [0.25, 0.3) is 5.69 Å². The van der Waals surface area contributed by atoms with Crippen LogP contribution >= 0.6 is 0 Å². The monoisotopic (exact) mass is 342 g/mol. The zero-order chi connectivity index (χ0) is 17.8. The van der Waals surface area contributed by atoms with Crippen LogP contribution in [0.5, 0.6) is 0 Å². The van der Waals surface area contributed by atoms with Crippen molar-refractivity contribution in [3.63, 3.8) is 0 Å². The molecule has 0 spiro atoms. The molecule has 1 aromatic carbocycles. The molecule has 1 aliphatic rings. The summed E-state index contributed by atoms with van der Waals surface area (Å²) in [6.07, 6.45) is 5.57. The van der Waals surface area contributed by atoms with Gasteiger partial charge in [-0.2, -0.15) is 5.10 Å². The van der Waals surface area contributed by atoms with Crippen molar-refractivity contribution in [3.05, 3.63) is 41.5 Å². The average Bonchev–Trinajstić information content (AvgIpc) is 3.04. The van der Waals surface area contributed by atoms with Crippen molar-refractivity contribution in [2.45, 2.75) is 51.0 Å². The molecule has 0 saturated heterocycles. The van der Waals surface area contributed by atoms with Crippen LogP contribution in [0.15, 0.2) is 24.3 Å². The topological polar surface area (TPSA) is 43.2 Å². The zero-order valence-corrected chi connectivity index (χ0v) is 15.9. The van der Waals surface area contributed by atoms with Crippen LogP contribution < -0.4 is 0 Å². The second-order valence-corrected chi connectivity index (χ2v) is 7.30. The van der Waals surface area contributed by atoms with Crippen molar-refractivity contribution < 1.29 is 4.74 Å². The Kier molecular flexibility index (Phi) is 5.86. The molecule has 0 aliphatic heterocycles. The molecule has 1 saturated carbocycles. The highest BCUT2D eigenvalue weighted by atomic mass is 16.5. The molecule has 136 valence electrons. The minimum absolute atomic E-state index is 0.486. The Hall–Kier alpha value is -1.72. The molecule has 5 heteroatoms. The van der Waals surface area contributed by atoms with E-state index in [0.717, 1.165) is 23.8 Å². The van der Waals surface area contributed by atoms with E-state index in [1.807, 2.05) is 0 Å². The molecule has 3 rings (SSSR count). The molecule has 5 nitrogen and oxygen atoms in total. The van der Waals surface area contributed by atoms with Crippen LogP contribution in [0.1, 0.15) is 48.8 Å². The molecule has 1 aliphatic carbocycles. The Labute approximate surface area is 151 Å². The van der Waals surface area contributed by atoms with Gasteiger partial charge in [0.05, 0.1) is 12.3 Å². The normalized spacial score (nSPS) is 21.0. The summed E-state index contributed by atoms with van der Waals surface area (Å²) in [5.74, 6) is 2.49. The Bertz CT molecular complexity index is 687. The van der Waals surface area contributed by atoms with Gasteiger partial charge in [-0.15, -0.1) is 0 Å². The number of aryl methyl sites for hydroxylation is 1. The van der Waals surface area contributed by atoms with E-state index in [4.69, 9.17) is 14.8 Å². The van der Waals surface area contributed by atoms with E-state index in [2.05, 4.69) is 54.9 Å². The van der Waals surface area contributed by atoms with Crippen molar-refractivity contribution in [2.24, 2.45) is 0 Å². The molecule has 0 unspecified atom stereocenters. The van der Waals surface area contributed by atoms with Gasteiger partial charge in [0.1, 0.15) is 5.82 Å². The number of hydrogen-bond donors (Lipinski definition) is 0. The SMILES string of the molecule is COCCc1nc(C2CCC(N(C)C)CC2)n(-c2ccccc2C)n1. The summed E-state index contributed by atoms with van der Waals surface area (Å²) in [6, 6.07) is 9.12. The number of para-hydroxylation sites is 1. The first-order valence-electron chi connectivity index (χ1n) is 9.27. The molecule has 1 fully saturated rings. The van der Waals surface area contributed by atoms with Gasteiger partial charge < -0.3 is 9.64 Å². The summed E-state index contributed by atoms with van der Waals surface area (Å²) in [7, 11) is 6.09. The van der Waals surface area contributed by atoms with E-state index in [-0.39, 0.29) is 0 Å². The lowest BCUT2D eigenvalue weighted by Crippen LogP contribution is -2.32. The number of methoxy groups -OCH3 is 1. The Morgan fingerprint density at radius 3 is 2.52 bits per heavy atom. The van der Waals surface area contributed by atoms with Crippen molar-refractivity contribution in [1.82, 2.24) is 19.7 Å². The van der Waals surface area contributed by atoms with E-state index in [1.54, 1.807) is 7.11 Å². The minimum Gasteiger partial charge on any atom is -0.384 e. The second kappa shape index (κ2) is 8.11. The number of ether oxygens (including phenoxy) is 1.